The highest BCUT2D eigenvalue weighted by molar-refractivity contribution is 7.99. The van der Waals surface area contributed by atoms with Gasteiger partial charge in [-0.2, -0.15) is 11.8 Å². The van der Waals surface area contributed by atoms with Crippen molar-refractivity contribution in [1.82, 2.24) is 4.72 Å². The van der Waals surface area contributed by atoms with E-state index in [1.54, 1.807) is 11.8 Å². The van der Waals surface area contributed by atoms with Crippen molar-refractivity contribution in [2.45, 2.75) is 39.8 Å². The number of aryl methyl sites for hydroxylation is 2. The predicted octanol–water partition coefficient (Wildman–Crippen LogP) is 8.08. The van der Waals surface area contributed by atoms with E-state index in [2.05, 4.69) is 41.3 Å². The minimum Gasteiger partial charge on any atom is -0.249 e. The first-order chi connectivity index (χ1) is 18.9. The Hall–Kier alpha value is -3.03. The van der Waals surface area contributed by atoms with Gasteiger partial charge in [-0.15, -0.1) is 0 Å². The van der Waals surface area contributed by atoms with Gasteiger partial charge in [-0.3, -0.25) is 0 Å². The number of nitrogens with one attached hydrogen (secondary N) is 1. The van der Waals surface area contributed by atoms with Crippen LogP contribution in [-0.4, -0.2) is 14.7 Å². The third-order valence-corrected chi connectivity index (χ3v) is 10.5. The lowest BCUT2D eigenvalue weighted by Crippen LogP contribution is -2.28. The molecule has 0 bridgehead atoms. The molecule has 6 heteroatoms. The van der Waals surface area contributed by atoms with Gasteiger partial charge in [0.25, 0.3) is 0 Å². The van der Waals surface area contributed by atoms with E-state index in [0.717, 1.165) is 47.7 Å². The van der Waals surface area contributed by atoms with Crippen LogP contribution in [0.25, 0.3) is 10.8 Å². The highest BCUT2D eigenvalue weighted by Gasteiger charge is 2.29. The fourth-order valence-corrected chi connectivity index (χ4v) is 8.06. The van der Waals surface area contributed by atoms with Crippen LogP contribution in [0.1, 0.15) is 33.5 Å². The van der Waals surface area contributed by atoms with Gasteiger partial charge in [-0.05, 0) is 78.4 Å². The van der Waals surface area contributed by atoms with E-state index >= 15 is 0 Å². The summed E-state index contributed by atoms with van der Waals surface area (Å²) in [6, 6.07) is 37.9. The summed E-state index contributed by atoms with van der Waals surface area (Å²) in [6.45, 7) is 4.05. The summed E-state index contributed by atoms with van der Waals surface area (Å²) in [7, 11) is -2.80. The van der Waals surface area contributed by atoms with Gasteiger partial charge in [0.1, 0.15) is 11.0 Å². The first kappa shape index (κ1) is 27.5. The molecule has 0 fully saturated rings. The normalized spacial score (nSPS) is 14.5. The van der Waals surface area contributed by atoms with E-state index < -0.39 is 21.8 Å². The van der Waals surface area contributed by atoms with Crippen molar-refractivity contribution < 1.29 is 8.42 Å². The summed E-state index contributed by atoms with van der Waals surface area (Å²) in [5, 5.41) is 2.13. The molecule has 0 saturated heterocycles. The van der Waals surface area contributed by atoms with Gasteiger partial charge in [0.05, 0.1) is 27.0 Å². The maximum absolute atomic E-state index is 13.8. The van der Waals surface area contributed by atoms with E-state index in [-0.39, 0.29) is 11.3 Å². The summed E-state index contributed by atoms with van der Waals surface area (Å²) in [5.74, 6) is 0. The van der Waals surface area contributed by atoms with Gasteiger partial charge in [0, 0.05) is 9.79 Å². The van der Waals surface area contributed by atoms with Crippen molar-refractivity contribution in [2.75, 3.05) is 6.26 Å². The second-order valence-electron chi connectivity index (χ2n) is 9.56. The second-order valence-corrected chi connectivity index (χ2v) is 13.2. The molecule has 0 amide bonds. The molecule has 198 valence electrons. The molecule has 0 aliphatic carbocycles. The first-order valence-electron chi connectivity index (χ1n) is 12.8. The Balaban J connectivity index is 1.59. The van der Waals surface area contributed by atoms with Gasteiger partial charge >= 0.3 is 0 Å². The fourth-order valence-electron chi connectivity index (χ4n) is 4.67. The zero-order valence-electron chi connectivity index (χ0n) is 22.2. The molecule has 0 unspecified atom stereocenters. The third-order valence-electron chi connectivity index (χ3n) is 6.82. The van der Waals surface area contributed by atoms with Crippen molar-refractivity contribution in [2.24, 2.45) is 0 Å². The molecule has 0 aromatic heterocycles. The molecular weight excluding hydrogens is 539 g/mol. The Morgan fingerprint density at radius 3 is 1.92 bits per heavy atom. The van der Waals surface area contributed by atoms with Crippen LogP contribution in [0.15, 0.2) is 130 Å². The van der Waals surface area contributed by atoms with Crippen molar-refractivity contribution in [3.63, 3.8) is 0 Å². The van der Waals surface area contributed by atoms with Crippen LogP contribution in [0.4, 0.5) is 0 Å². The van der Waals surface area contributed by atoms with E-state index in [1.807, 2.05) is 98.8 Å². The maximum Gasteiger partial charge on any atom is 0.125 e. The zero-order valence-corrected chi connectivity index (χ0v) is 24.6. The summed E-state index contributed by atoms with van der Waals surface area (Å²) in [4.78, 5) is 2.27. The van der Waals surface area contributed by atoms with Crippen LogP contribution >= 0.6 is 11.8 Å². The molecule has 5 aromatic carbocycles. The van der Waals surface area contributed by atoms with Crippen LogP contribution in [0.3, 0.4) is 0 Å². The summed E-state index contributed by atoms with van der Waals surface area (Å²) in [5.41, 5.74) is 4.25. The number of benzene rings is 5. The Labute approximate surface area is 240 Å². The minimum atomic E-state index is -1.45. The van der Waals surface area contributed by atoms with Crippen LogP contribution < -0.4 is 4.72 Å². The Morgan fingerprint density at radius 1 is 0.667 bits per heavy atom. The monoisotopic (exact) mass is 569 g/mol. The van der Waals surface area contributed by atoms with Crippen molar-refractivity contribution in [1.29, 1.82) is 0 Å². The average Bonchev–Trinajstić information content (AvgIpc) is 2.97. The lowest BCUT2D eigenvalue weighted by Gasteiger charge is -2.29. The molecule has 5 rings (SSSR count). The van der Waals surface area contributed by atoms with Crippen LogP contribution in [0.5, 0.6) is 0 Å². The molecule has 0 aliphatic rings. The summed E-state index contributed by atoms with van der Waals surface area (Å²) < 4.78 is 30.9. The molecule has 0 saturated carbocycles. The lowest BCUT2D eigenvalue weighted by atomic mass is 9.96. The van der Waals surface area contributed by atoms with Crippen molar-refractivity contribution >= 4 is 44.3 Å². The number of fused-ring (bicyclic) bond motifs is 1. The molecule has 0 spiro atoms. The summed E-state index contributed by atoms with van der Waals surface area (Å²) in [6.07, 6.45) is 2.06. The van der Waals surface area contributed by atoms with Crippen LogP contribution in [0, 0.1) is 13.8 Å². The number of rotatable bonds is 9. The smallest absolute Gasteiger partial charge is 0.125 e. The second kappa shape index (κ2) is 12.4. The Morgan fingerprint density at radius 2 is 1.26 bits per heavy atom. The fraction of sp³-hybridized carbons (Fsp3) is 0.152. The van der Waals surface area contributed by atoms with Crippen molar-refractivity contribution in [3.05, 3.63) is 138 Å². The number of hydrogen-bond acceptors (Lipinski definition) is 3. The minimum absolute atomic E-state index is 0.147. The van der Waals surface area contributed by atoms with E-state index in [4.69, 9.17) is 0 Å². The molecule has 0 aliphatic heterocycles. The molecule has 39 heavy (non-hydrogen) atoms. The number of hydrogen-bond donors (Lipinski definition) is 1. The molecule has 1 N–H and O–H groups in total. The van der Waals surface area contributed by atoms with Crippen molar-refractivity contribution in [3.8, 4) is 0 Å². The third kappa shape index (κ3) is 6.25. The molecule has 4 atom stereocenters. The average molecular weight is 570 g/mol. The largest absolute Gasteiger partial charge is 0.249 e. The molecule has 3 nitrogen and oxygen atoms in total. The Kier molecular flexibility index (Phi) is 8.78. The topological polar surface area (TPSA) is 46.2 Å². The Bertz CT molecular complexity index is 1630. The van der Waals surface area contributed by atoms with Crippen LogP contribution in [-0.2, 0) is 21.8 Å². The predicted molar refractivity (Wildman–Crippen MR) is 166 cm³/mol. The van der Waals surface area contributed by atoms with Gasteiger partial charge in [-0.1, -0.05) is 90.0 Å². The van der Waals surface area contributed by atoms with Gasteiger partial charge in [-0.25, -0.2) is 13.1 Å². The van der Waals surface area contributed by atoms with Crippen LogP contribution in [0.2, 0.25) is 0 Å². The quantitative estimate of drug-likeness (QED) is 0.195. The highest BCUT2D eigenvalue weighted by Crippen LogP contribution is 2.43. The maximum atomic E-state index is 13.8. The standard InChI is InChI=1S/C33H31NO2S3/c1-23-12-18-28(19-13-23)38(35)31-11-7-6-10-30(31)33(37-3)32(34-39(36)29-20-14-24(2)15-21-29)27-17-16-25-8-4-5-9-26(25)22-27/h4-22,32-34H,1-3H3/t32-,33+,38+,39+/m1/s1. The van der Waals surface area contributed by atoms with Gasteiger partial charge in [0.2, 0.25) is 0 Å². The molecule has 0 heterocycles. The van der Waals surface area contributed by atoms with E-state index in [9.17, 15) is 8.42 Å². The lowest BCUT2D eigenvalue weighted by molar-refractivity contribution is 0.613. The first-order valence-corrected chi connectivity index (χ1v) is 16.4. The molecular formula is C33H31NO2S3. The highest BCUT2D eigenvalue weighted by atomic mass is 32.2. The van der Waals surface area contributed by atoms with Gasteiger partial charge in [0.15, 0.2) is 0 Å². The zero-order chi connectivity index (χ0) is 27.4. The van der Waals surface area contributed by atoms with E-state index in [0.29, 0.717) is 0 Å². The summed E-state index contributed by atoms with van der Waals surface area (Å²) >= 11 is 1.67. The van der Waals surface area contributed by atoms with Gasteiger partial charge < -0.3 is 0 Å². The number of thioether (sulfide) groups is 1. The molecule has 5 aromatic rings. The SMILES string of the molecule is CS[C@@H](c1ccccc1[S@@](=O)c1ccc(C)cc1)[C@H](N[S@@](=O)c1ccc(C)cc1)c1ccc2ccccc2c1. The van der Waals surface area contributed by atoms with E-state index in [1.165, 1.54) is 0 Å². The molecule has 0 radical (unpaired) electrons.